The zero-order valence-electron chi connectivity index (χ0n) is 18.7. The molecule has 0 bridgehead atoms. The first-order valence-corrected chi connectivity index (χ1v) is 11.1. The normalized spacial score (nSPS) is 16.6. The van der Waals surface area contributed by atoms with Crippen LogP contribution in [0.15, 0.2) is 30.4 Å². The molecule has 0 aromatic carbocycles. The van der Waals surface area contributed by atoms with Crippen molar-refractivity contribution in [2.75, 3.05) is 38.0 Å². The van der Waals surface area contributed by atoms with Gasteiger partial charge in [0, 0.05) is 37.9 Å². The van der Waals surface area contributed by atoms with Crippen LogP contribution in [0.25, 0.3) is 12.7 Å². The van der Waals surface area contributed by atoms with E-state index in [9.17, 15) is 0 Å². The number of aromatic nitrogens is 3. The molecule has 1 aliphatic rings. The van der Waals surface area contributed by atoms with Crippen molar-refractivity contribution in [3.63, 3.8) is 0 Å². The van der Waals surface area contributed by atoms with E-state index < -0.39 is 0 Å². The first-order chi connectivity index (χ1) is 14.6. The molecular formula is C24H36N6. The van der Waals surface area contributed by atoms with Crippen molar-refractivity contribution in [3.05, 3.63) is 52.4 Å². The summed E-state index contributed by atoms with van der Waals surface area (Å²) >= 11 is 0. The number of rotatable bonds is 9. The molecule has 6 nitrogen and oxygen atoms in total. The SMILES string of the molecule is C=c1nc(NC2CCN(CCNCC)CC2)n(Cc2cccc(C)n2)/c1=C/C=C\C. The highest BCUT2D eigenvalue weighted by atomic mass is 15.2. The van der Waals surface area contributed by atoms with Gasteiger partial charge in [0.1, 0.15) is 0 Å². The fourth-order valence-electron chi connectivity index (χ4n) is 3.91. The Labute approximate surface area is 180 Å². The fourth-order valence-corrected chi connectivity index (χ4v) is 3.91. The second-order valence-corrected chi connectivity index (χ2v) is 7.93. The Morgan fingerprint density at radius 2 is 2.03 bits per heavy atom. The summed E-state index contributed by atoms with van der Waals surface area (Å²) in [5, 5.41) is 8.95. The minimum absolute atomic E-state index is 0.431. The monoisotopic (exact) mass is 408 g/mol. The molecule has 3 heterocycles. The Balaban J connectivity index is 1.75. The van der Waals surface area contributed by atoms with Crippen LogP contribution in [-0.2, 0) is 6.54 Å². The Kier molecular flexibility index (Phi) is 8.22. The number of nitrogens with one attached hydrogen (secondary N) is 2. The van der Waals surface area contributed by atoms with Gasteiger partial charge in [-0.05, 0) is 51.4 Å². The van der Waals surface area contributed by atoms with E-state index in [0.29, 0.717) is 12.6 Å². The zero-order valence-corrected chi connectivity index (χ0v) is 18.7. The van der Waals surface area contributed by atoms with Crippen molar-refractivity contribution in [3.8, 4) is 0 Å². The van der Waals surface area contributed by atoms with Crippen LogP contribution in [-0.4, -0.2) is 58.2 Å². The van der Waals surface area contributed by atoms with Crippen LogP contribution in [0.5, 0.6) is 0 Å². The molecule has 162 valence electrons. The standard InChI is InChI=1S/C24H36N6/c1-5-7-11-23-20(4)27-24(30(23)18-22-10-8-9-19(3)26-22)28-21-12-15-29(16-13-21)17-14-25-6-2/h5,7-11,21,25H,4,6,12-18H2,1-3H3,(H,27,28)/b7-5-,23-11+. The van der Waals surface area contributed by atoms with E-state index in [-0.39, 0.29) is 0 Å². The van der Waals surface area contributed by atoms with Gasteiger partial charge >= 0.3 is 0 Å². The van der Waals surface area contributed by atoms with E-state index in [1.165, 1.54) is 0 Å². The van der Waals surface area contributed by atoms with Gasteiger partial charge in [-0.1, -0.05) is 31.7 Å². The lowest BCUT2D eigenvalue weighted by Gasteiger charge is -2.32. The minimum Gasteiger partial charge on any atom is -0.353 e. The number of likely N-dealkylation sites (N-methyl/N-ethyl adjacent to an activating group) is 1. The molecule has 0 radical (unpaired) electrons. The average Bonchev–Trinajstić information content (AvgIpc) is 3.02. The Morgan fingerprint density at radius 3 is 2.73 bits per heavy atom. The summed E-state index contributed by atoms with van der Waals surface area (Å²) in [6, 6.07) is 6.59. The van der Waals surface area contributed by atoms with E-state index in [2.05, 4.69) is 51.8 Å². The van der Waals surface area contributed by atoms with Gasteiger partial charge in [0.15, 0.2) is 0 Å². The van der Waals surface area contributed by atoms with Gasteiger partial charge in [-0.25, -0.2) is 4.98 Å². The van der Waals surface area contributed by atoms with Crippen LogP contribution in [0.4, 0.5) is 5.95 Å². The van der Waals surface area contributed by atoms with E-state index in [0.717, 1.165) is 73.6 Å². The fraction of sp³-hybridized carbons (Fsp3) is 0.500. The summed E-state index contributed by atoms with van der Waals surface area (Å²) in [4.78, 5) is 12.0. The molecule has 1 saturated heterocycles. The van der Waals surface area contributed by atoms with Gasteiger partial charge in [0.05, 0.1) is 22.9 Å². The molecule has 0 atom stereocenters. The lowest BCUT2D eigenvalue weighted by atomic mass is 10.1. The number of pyridine rings is 1. The van der Waals surface area contributed by atoms with Crippen molar-refractivity contribution in [1.29, 1.82) is 0 Å². The summed E-state index contributed by atoms with van der Waals surface area (Å²) in [6.07, 6.45) is 8.40. The predicted octanol–water partition coefficient (Wildman–Crippen LogP) is 1.89. The third kappa shape index (κ3) is 6.03. The Bertz CT molecular complexity index is 937. The molecule has 0 aliphatic carbocycles. The summed E-state index contributed by atoms with van der Waals surface area (Å²) in [5.74, 6) is 0.894. The number of nitrogens with zero attached hydrogens (tertiary/aromatic N) is 4. The van der Waals surface area contributed by atoms with E-state index >= 15 is 0 Å². The van der Waals surface area contributed by atoms with Crippen LogP contribution in [0.3, 0.4) is 0 Å². The molecule has 1 aliphatic heterocycles. The largest absolute Gasteiger partial charge is 0.353 e. The maximum Gasteiger partial charge on any atom is 0.204 e. The van der Waals surface area contributed by atoms with Crippen LogP contribution >= 0.6 is 0 Å². The Hall–Kier alpha value is -2.44. The van der Waals surface area contributed by atoms with Gasteiger partial charge in [-0.15, -0.1) is 0 Å². The maximum atomic E-state index is 4.78. The van der Waals surface area contributed by atoms with E-state index in [4.69, 9.17) is 9.97 Å². The maximum absolute atomic E-state index is 4.78. The van der Waals surface area contributed by atoms with Crippen LogP contribution < -0.4 is 21.3 Å². The van der Waals surface area contributed by atoms with Gasteiger partial charge in [-0.2, -0.15) is 0 Å². The first kappa shape index (κ1) is 22.2. The van der Waals surface area contributed by atoms with E-state index in [1.807, 2.05) is 32.1 Å². The molecule has 1 fully saturated rings. The number of hydrogen-bond acceptors (Lipinski definition) is 5. The molecule has 0 spiro atoms. The number of imidazole rings is 1. The van der Waals surface area contributed by atoms with Crippen LogP contribution in [0.2, 0.25) is 0 Å². The highest BCUT2D eigenvalue weighted by Gasteiger charge is 2.20. The highest BCUT2D eigenvalue weighted by molar-refractivity contribution is 5.40. The van der Waals surface area contributed by atoms with Gasteiger partial charge < -0.3 is 20.1 Å². The molecule has 0 unspecified atom stereocenters. The lowest BCUT2D eigenvalue weighted by molar-refractivity contribution is 0.219. The third-order valence-electron chi connectivity index (χ3n) is 5.57. The number of likely N-dealkylation sites (tertiary alicyclic amines) is 1. The molecule has 0 amide bonds. The molecular weight excluding hydrogens is 372 g/mol. The number of hydrogen-bond donors (Lipinski definition) is 2. The first-order valence-electron chi connectivity index (χ1n) is 11.1. The minimum atomic E-state index is 0.431. The molecule has 2 aromatic heterocycles. The quantitative estimate of drug-likeness (QED) is 0.621. The second kappa shape index (κ2) is 11.1. The molecule has 6 heteroatoms. The molecule has 3 rings (SSSR count). The van der Waals surface area contributed by atoms with Crippen molar-refractivity contribution >= 4 is 18.6 Å². The van der Waals surface area contributed by atoms with Crippen molar-refractivity contribution in [2.24, 2.45) is 0 Å². The average molecular weight is 409 g/mol. The molecule has 2 aromatic rings. The van der Waals surface area contributed by atoms with Crippen molar-refractivity contribution < 1.29 is 0 Å². The zero-order chi connectivity index (χ0) is 21.3. The summed E-state index contributed by atoms with van der Waals surface area (Å²) < 4.78 is 2.21. The predicted molar refractivity (Wildman–Crippen MR) is 126 cm³/mol. The third-order valence-corrected chi connectivity index (χ3v) is 5.57. The lowest BCUT2D eigenvalue weighted by Crippen LogP contribution is -2.42. The van der Waals surface area contributed by atoms with Crippen molar-refractivity contribution in [1.82, 2.24) is 24.8 Å². The number of piperidine rings is 1. The van der Waals surface area contributed by atoms with Gasteiger partial charge in [0.2, 0.25) is 5.95 Å². The van der Waals surface area contributed by atoms with Crippen molar-refractivity contribution in [2.45, 2.75) is 46.2 Å². The smallest absolute Gasteiger partial charge is 0.204 e. The number of anilines is 1. The number of aryl methyl sites for hydroxylation is 1. The van der Waals surface area contributed by atoms with E-state index in [1.54, 1.807) is 0 Å². The molecule has 2 N–H and O–H groups in total. The van der Waals surface area contributed by atoms with Gasteiger partial charge in [-0.3, -0.25) is 4.98 Å². The second-order valence-electron chi connectivity index (χ2n) is 7.93. The van der Waals surface area contributed by atoms with Crippen LogP contribution in [0, 0.1) is 6.92 Å². The molecule has 30 heavy (non-hydrogen) atoms. The molecule has 0 saturated carbocycles. The Morgan fingerprint density at radius 1 is 1.23 bits per heavy atom. The summed E-state index contributed by atoms with van der Waals surface area (Å²) in [6.45, 7) is 16.5. The highest BCUT2D eigenvalue weighted by Crippen LogP contribution is 2.15. The summed E-state index contributed by atoms with van der Waals surface area (Å²) in [7, 11) is 0. The van der Waals surface area contributed by atoms with Crippen LogP contribution in [0.1, 0.15) is 38.1 Å². The number of allylic oxidation sites excluding steroid dienone is 2. The topological polar surface area (TPSA) is 58.0 Å². The van der Waals surface area contributed by atoms with Gasteiger partial charge in [0.25, 0.3) is 0 Å². The summed E-state index contributed by atoms with van der Waals surface area (Å²) in [5.41, 5.74) is 2.06.